The van der Waals surface area contributed by atoms with Crippen LogP contribution in [0.3, 0.4) is 0 Å². The summed E-state index contributed by atoms with van der Waals surface area (Å²) in [5, 5.41) is 4.60. The number of rotatable bonds is 5. The van der Waals surface area contributed by atoms with E-state index in [1.165, 1.54) is 11.1 Å². The van der Waals surface area contributed by atoms with Gasteiger partial charge in [-0.05, 0) is 42.4 Å². The highest BCUT2D eigenvalue weighted by atomic mass is 16.5. The van der Waals surface area contributed by atoms with Crippen LogP contribution in [0.15, 0.2) is 35.1 Å². The third-order valence-corrected chi connectivity index (χ3v) is 6.63. The van der Waals surface area contributed by atoms with Crippen molar-refractivity contribution < 1.29 is 4.74 Å². The molecule has 0 bridgehead atoms. The number of nitrogens with zero attached hydrogens (tertiary/aromatic N) is 4. The molecule has 29 heavy (non-hydrogen) atoms. The van der Waals surface area contributed by atoms with Crippen LogP contribution in [-0.2, 0) is 30.5 Å². The van der Waals surface area contributed by atoms with Gasteiger partial charge in [0.2, 0.25) is 0 Å². The lowest BCUT2D eigenvalue weighted by Crippen LogP contribution is -2.49. The summed E-state index contributed by atoms with van der Waals surface area (Å²) in [4.78, 5) is 17.3. The Morgan fingerprint density at radius 2 is 1.79 bits per heavy atom. The Labute approximate surface area is 172 Å². The van der Waals surface area contributed by atoms with Gasteiger partial charge in [0.25, 0.3) is 5.56 Å². The van der Waals surface area contributed by atoms with Crippen LogP contribution in [0.1, 0.15) is 34.9 Å². The molecule has 1 unspecified atom stereocenters. The van der Waals surface area contributed by atoms with Gasteiger partial charge in [-0.25, -0.2) is 4.68 Å². The molecule has 1 aromatic heterocycles. The molecule has 1 aromatic carbocycles. The quantitative estimate of drug-likeness (QED) is 0.772. The highest BCUT2D eigenvalue weighted by Crippen LogP contribution is 2.27. The minimum Gasteiger partial charge on any atom is -0.372 e. The summed E-state index contributed by atoms with van der Waals surface area (Å²) in [6.07, 6.45) is 4.37. The molecule has 2 aliphatic heterocycles. The monoisotopic (exact) mass is 394 g/mol. The third kappa shape index (κ3) is 4.15. The van der Waals surface area contributed by atoms with Crippen LogP contribution >= 0.6 is 0 Å². The van der Waals surface area contributed by atoms with E-state index in [9.17, 15) is 4.79 Å². The molecule has 6 nitrogen and oxygen atoms in total. The molecule has 1 atom stereocenters. The molecule has 1 saturated heterocycles. The molecule has 2 aromatic rings. The second kappa shape index (κ2) is 8.38. The Bertz CT molecular complexity index is 917. The number of aryl methyl sites for hydroxylation is 2. The average Bonchev–Trinajstić information content (AvgIpc) is 3.20. The molecule has 6 heteroatoms. The van der Waals surface area contributed by atoms with Gasteiger partial charge in [0.1, 0.15) is 0 Å². The predicted molar refractivity (Wildman–Crippen MR) is 112 cm³/mol. The normalized spacial score (nSPS) is 22.4. The first-order chi connectivity index (χ1) is 14.3. The van der Waals surface area contributed by atoms with Crippen molar-refractivity contribution in [2.75, 3.05) is 45.9 Å². The number of aromatic nitrogens is 2. The molecular formula is C23H30N4O2. The van der Waals surface area contributed by atoms with Crippen LogP contribution in [0, 0.1) is 0 Å². The standard InChI is InChI=1S/C23H30N4O2/c28-23-16-19-5-3-7-21(19)24-27(23)14-13-25-9-11-26(12-10-25)17-22-20-6-2-1-4-18(20)8-15-29-22/h1-2,4,6,16,22H,3,5,7-15,17H2. The summed E-state index contributed by atoms with van der Waals surface area (Å²) in [6, 6.07) is 10.5. The van der Waals surface area contributed by atoms with Crippen LogP contribution in [0.25, 0.3) is 0 Å². The molecule has 1 aliphatic carbocycles. The van der Waals surface area contributed by atoms with Crippen molar-refractivity contribution in [2.45, 2.75) is 38.3 Å². The average molecular weight is 395 g/mol. The zero-order valence-electron chi connectivity index (χ0n) is 17.1. The summed E-state index contributed by atoms with van der Waals surface area (Å²) >= 11 is 0. The summed E-state index contributed by atoms with van der Waals surface area (Å²) in [5.41, 5.74) is 5.14. The summed E-state index contributed by atoms with van der Waals surface area (Å²) < 4.78 is 7.76. The van der Waals surface area contributed by atoms with Crippen molar-refractivity contribution in [2.24, 2.45) is 0 Å². The zero-order valence-corrected chi connectivity index (χ0v) is 17.1. The highest BCUT2D eigenvalue weighted by Gasteiger charge is 2.25. The van der Waals surface area contributed by atoms with Crippen LogP contribution in [0.2, 0.25) is 0 Å². The lowest BCUT2D eigenvalue weighted by molar-refractivity contribution is 0.00425. The molecule has 0 N–H and O–H groups in total. The summed E-state index contributed by atoms with van der Waals surface area (Å²) in [7, 11) is 0. The van der Waals surface area contributed by atoms with Crippen LogP contribution in [0.4, 0.5) is 0 Å². The molecule has 1 fully saturated rings. The first kappa shape index (κ1) is 19.0. The predicted octanol–water partition coefficient (Wildman–Crippen LogP) is 1.66. The van der Waals surface area contributed by atoms with Crippen LogP contribution in [-0.4, -0.2) is 65.5 Å². The molecule has 3 aliphatic rings. The van der Waals surface area contributed by atoms with Gasteiger partial charge in [0, 0.05) is 45.3 Å². The maximum atomic E-state index is 12.3. The van der Waals surface area contributed by atoms with E-state index in [1.54, 1.807) is 10.7 Å². The van der Waals surface area contributed by atoms with Gasteiger partial charge in [-0.2, -0.15) is 5.10 Å². The Balaban J connectivity index is 1.13. The van der Waals surface area contributed by atoms with Crippen molar-refractivity contribution in [3.05, 3.63) is 63.1 Å². The van der Waals surface area contributed by atoms with Crippen molar-refractivity contribution >= 4 is 0 Å². The molecule has 3 heterocycles. The van der Waals surface area contributed by atoms with E-state index in [1.807, 2.05) is 0 Å². The lowest BCUT2D eigenvalue weighted by Gasteiger charge is -2.37. The molecule has 0 radical (unpaired) electrons. The topological polar surface area (TPSA) is 50.6 Å². The Hall–Kier alpha value is -2.02. The summed E-state index contributed by atoms with van der Waals surface area (Å²) in [6.45, 7) is 7.54. The van der Waals surface area contributed by atoms with Gasteiger partial charge in [-0.3, -0.25) is 14.6 Å². The maximum Gasteiger partial charge on any atom is 0.267 e. The third-order valence-electron chi connectivity index (χ3n) is 6.63. The van der Waals surface area contributed by atoms with Crippen molar-refractivity contribution in [1.82, 2.24) is 19.6 Å². The minimum absolute atomic E-state index is 0.0531. The van der Waals surface area contributed by atoms with Gasteiger partial charge < -0.3 is 4.74 Å². The molecule has 5 rings (SSSR count). The SMILES string of the molecule is O=c1cc2c(nn1CCN1CCN(CC3OCCc4ccccc43)CC1)CCC2. The fourth-order valence-corrected chi connectivity index (χ4v) is 4.89. The summed E-state index contributed by atoms with van der Waals surface area (Å²) in [5.74, 6) is 0. The van der Waals surface area contributed by atoms with E-state index in [4.69, 9.17) is 4.74 Å². The first-order valence-corrected chi connectivity index (χ1v) is 11.0. The second-order valence-electron chi connectivity index (χ2n) is 8.48. The molecule has 0 spiro atoms. The Kier molecular flexibility index (Phi) is 5.48. The van der Waals surface area contributed by atoms with Gasteiger partial charge in [0.15, 0.2) is 0 Å². The van der Waals surface area contributed by atoms with Gasteiger partial charge >= 0.3 is 0 Å². The van der Waals surface area contributed by atoms with Gasteiger partial charge in [0.05, 0.1) is 24.9 Å². The van der Waals surface area contributed by atoms with E-state index in [0.717, 1.165) is 82.8 Å². The van der Waals surface area contributed by atoms with Gasteiger partial charge in [-0.15, -0.1) is 0 Å². The Morgan fingerprint density at radius 1 is 0.966 bits per heavy atom. The van der Waals surface area contributed by atoms with Crippen LogP contribution < -0.4 is 5.56 Å². The second-order valence-corrected chi connectivity index (χ2v) is 8.48. The minimum atomic E-state index is 0.0531. The fourth-order valence-electron chi connectivity index (χ4n) is 4.89. The van der Waals surface area contributed by atoms with Crippen LogP contribution in [0.5, 0.6) is 0 Å². The molecule has 0 amide bonds. The molecular weight excluding hydrogens is 364 g/mol. The largest absolute Gasteiger partial charge is 0.372 e. The number of ether oxygens (including phenoxy) is 1. The van der Waals surface area contributed by atoms with E-state index in [2.05, 4.69) is 39.2 Å². The van der Waals surface area contributed by atoms with Crippen molar-refractivity contribution in [1.29, 1.82) is 0 Å². The number of benzene rings is 1. The number of hydrogen-bond acceptors (Lipinski definition) is 5. The first-order valence-electron chi connectivity index (χ1n) is 11.0. The number of hydrogen-bond donors (Lipinski definition) is 0. The van der Waals surface area contributed by atoms with Gasteiger partial charge in [-0.1, -0.05) is 24.3 Å². The number of fused-ring (bicyclic) bond motifs is 2. The zero-order chi connectivity index (χ0) is 19.6. The number of piperazine rings is 1. The lowest BCUT2D eigenvalue weighted by atomic mass is 9.97. The van der Waals surface area contributed by atoms with Crippen molar-refractivity contribution in [3.63, 3.8) is 0 Å². The smallest absolute Gasteiger partial charge is 0.267 e. The maximum absolute atomic E-state index is 12.3. The fraction of sp³-hybridized carbons (Fsp3) is 0.565. The Morgan fingerprint density at radius 3 is 2.69 bits per heavy atom. The van der Waals surface area contributed by atoms with E-state index >= 15 is 0 Å². The van der Waals surface area contributed by atoms with Crippen molar-refractivity contribution in [3.8, 4) is 0 Å². The van der Waals surface area contributed by atoms with E-state index in [-0.39, 0.29) is 11.7 Å². The van der Waals surface area contributed by atoms with E-state index < -0.39 is 0 Å². The van der Waals surface area contributed by atoms with E-state index in [0.29, 0.717) is 6.54 Å². The molecule has 154 valence electrons. The highest BCUT2D eigenvalue weighted by molar-refractivity contribution is 5.31. The molecule has 0 saturated carbocycles.